The van der Waals surface area contributed by atoms with Gasteiger partial charge in [-0.05, 0) is 36.5 Å². The van der Waals surface area contributed by atoms with E-state index >= 15 is 0 Å². The average Bonchev–Trinajstić information content (AvgIpc) is 2.79. The van der Waals surface area contributed by atoms with Gasteiger partial charge >= 0.3 is 0 Å². The molecule has 0 amide bonds. The highest BCUT2D eigenvalue weighted by molar-refractivity contribution is 5.46. The Morgan fingerprint density at radius 2 is 2.50 bits per heavy atom. The molecule has 0 aromatic carbocycles. The van der Waals surface area contributed by atoms with Crippen LogP contribution in [-0.4, -0.2) is 0 Å². The Balaban J connectivity index is 2.02. The number of hydrogen-bond donors (Lipinski definition) is 0. The van der Waals surface area contributed by atoms with Gasteiger partial charge in [0.1, 0.15) is 0 Å². The summed E-state index contributed by atoms with van der Waals surface area (Å²) in [6.07, 6.45) is 12.9. The molecule has 0 heterocycles. The predicted octanol–water partition coefficient (Wildman–Crippen LogP) is 3.31. The molecular formula is C12H16. The number of rotatable bonds is 1. The molecule has 3 atom stereocenters. The Kier molecular flexibility index (Phi) is 1.18. The third kappa shape index (κ3) is 0.608. The Morgan fingerprint density at radius 3 is 3.33 bits per heavy atom. The van der Waals surface area contributed by atoms with E-state index < -0.39 is 0 Å². The molecule has 0 N–H and O–H groups in total. The summed E-state index contributed by atoms with van der Waals surface area (Å²) in [5, 5.41) is 0. The first-order chi connectivity index (χ1) is 5.88. The summed E-state index contributed by atoms with van der Waals surface area (Å²) in [6, 6.07) is 0. The standard InChI is InChI=1S/C12H16/c1-2-12-8-4-6-9-5-3-7-10(12)11(9)12/h3,5,7,9,11H,2,4,6,8H2,1H3/t9?,11-,12?/m0/s1. The van der Waals surface area contributed by atoms with Crippen molar-refractivity contribution in [3.8, 4) is 0 Å². The van der Waals surface area contributed by atoms with Gasteiger partial charge in [0.05, 0.1) is 0 Å². The van der Waals surface area contributed by atoms with Crippen molar-refractivity contribution in [2.45, 2.75) is 32.6 Å². The second kappa shape index (κ2) is 2.04. The van der Waals surface area contributed by atoms with E-state index in [-0.39, 0.29) is 0 Å². The van der Waals surface area contributed by atoms with Gasteiger partial charge in [-0.2, -0.15) is 0 Å². The molecule has 3 aliphatic carbocycles. The largest absolute Gasteiger partial charge is 0.0808 e. The normalized spacial score (nSPS) is 48.2. The monoisotopic (exact) mass is 160 g/mol. The van der Waals surface area contributed by atoms with Crippen LogP contribution in [-0.2, 0) is 0 Å². The minimum Gasteiger partial charge on any atom is -0.0808 e. The first-order valence-electron chi connectivity index (χ1n) is 5.27. The maximum atomic E-state index is 2.44. The smallest absolute Gasteiger partial charge is 0.00129 e. The van der Waals surface area contributed by atoms with E-state index in [0.29, 0.717) is 5.41 Å². The zero-order chi connectivity index (χ0) is 8.18. The summed E-state index contributed by atoms with van der Waals surface area (Å²) < 4.78 is 0. The maximum absolute atomic E-state index is 2.44. The Labute approximate surface area is 74.4 Å². The van der Waals surface area contributed by atoms with E-state index in [1.54, 1.807) is 5.57 Å². The summed E-state index contributed by atoms with van der Waals surface area (Å²) in [5.41, 5.74) is 2.47. The van der Waals surface area contributed by atoms with E-state index in [0.717, 1.165) is 11.8 Å². The van der Waals surface area contributed by atoms with Crippen LogP contribution in [0.3, 0.4) is 0 Å². The lowest BCUT2D eigenvalue weighted by molar-refractivity contribution is 0.284. The molecule has 2 saturated carbocycles. The van der Waals surface area contributed by atoms with Gasteiger partial charge in [-0.3, -0.25) is 0 Å². The molecule has 3 aliphatic rings. The highest BCUT2D eigenvalue weighted by Crippen LogP contribution is 2.70. The Hall–Kier alpha value is -0.520. The van der Waals surface area contributed by atoms with Gasteiger partial charge in [0, 0.05) is 0 Å². The fourth-order valence-electron chi connectivity index (χ4n) is 3.62. The minimum atomic E-state index is 0.687. The Bertz CT molecular complexity index is 272. The number of hydrogen-bond acceptors (Lipinski definition) is 0. The van der Waals surface area contributed by atoms with Gasteiger partial charge in [-0.1, -0.05) is 37.1 Å². The molecular weight excluding hydrogens is 144 g/mol. The second-order valence-corrected chi connectivity index (χ2v) is 4.55. The molecule has 0 heteroatoms. The molecule has 0 aromatic heterocycles. The molecule has 2 unspecified atom stereocenters. The third-order valence-electron chi connectivity index (χ3n) is 4.28. The lowest BCUT2D eigenvalue weighted by Crippen LogP contribution is -2.15. The maximum Gasteiger partial charge on any atom is -0.00129 e. The topological polar surface area (TPSA) is 0 Å². The van der Waals surface area contributed by atoms with Gasteiger partial charge < -0.3 is 0 Å². The van der Waals surface area contributed by atoms with E-state index in [1.807, 2.05) is 0 Å². The molecule has 64 valence electrons. The van der Waals surface area contributed by atoms with Gasteiger partial charge in [0.15, 0.2) is 0 Å². The number of fused-ring (bicyclic) bond motifs is 1. The minimum absolute atomic E-state index is 0.687. The van der Waals surface area contributed by atoms with Crippen LogP contribution in [0.1, 0.15) is 32.6 Å². The SMILES string of the molecule is CCC12CCCC3C=CC=C1[C@H]32. The van der Waals surface area contributed by atoms with Gasteiger partial charge in [-0.25, -0.2) is 0 Å². The van der Waals surface area contributed by atoms with Crippen LogP contribution in [0.4, 0.5) is 0 Å². The van der Waals surface area contributed by atoms with Gasteiger partial charge in [0.25, 0.3) is 0 Å². The molecule has 0 radical (unpaired) electrons. The van der Waals surface area contributed by atoms with Crippen LogP contribution >= 0.6 is 0 Å². The van der Waals surface area contributed by atoms with E-state index in [4.69, 9.17) is 0 Å². The zero-order valence-electron chi connectivity index (χ0n) is 7.72. The fraction of sp³-hybridized carbons (Fsp3) is 0.667. The van der Waals surface area contributed by atoms with E-state index in [9.17, 15) is 0 Å². The van der Waals surface area contributed by atoms with Crippen LogP contribution < -0.4 is 0 Å². The first-order valence-corrected chi connectivity index (χ1v) is 5.27. The summed E-state index contributed by atoms with van der Waals surface area (Å²) in [5.74, 6) is 1.89. The van der Waals surface area contributed by atoms with Crippen molar-refractivity contribution in [2.24, 2.45) is 17.3 Å². The number of allylic oxidation sites excluding steroid dienone is 4. The van der Waals surface area contributed by atoms with Crippen molar-refractivity contribution < 1.29 is 0 Å². The van der Waals surface area contributed by atoms with Crippen molar-refractivity contribution in [3.05, 3.63) is 23.8 Å². The molecule has 12 heavy (non-hydrogen) atoms. The van der Waals surface area contributed by atoms with Crippen LogP contribution in [0.2, 0.25) is 0 Å². The van der Waals surface area contributed by atoms with Crippen molar-refractivity contribution >= 4 is 0 Å². The fourth-order valence-corrected chi connectivity index (χ4v) is 3.62. The van der Waals surface area contributed by atoms with E-state index in [2.05, 4.69) is 25.2 Å². The lowest BCUT2D eigenvalue weighted by atomic mass is 9.80. The molecule has 0 nitrogen and oxygen atoms in total. The molecule has 0 spiro atoms. The summed E-state index contributed by atoms with van der Waals surface area (Å²) in [4.78, 5) is 0. The second-order valence-electron chi connectivity index (χ2n) is 4.55. The van der Waals surface area contributed by atoms with Crippen molar-refractivity contribution in [1.29, 1.82) is 0 Å². The van der Waals surface area contributed by atoms with Crippen LogP contribution in [0.15, 0.2) is 23.8 Å². The zero-order valence-corrected chi connectivity index (χ0v) is 7.72. The third-order valence-corrected chi connectivity index (χ3v) is 4.28. The first kappa shape index (κ1) is 6.94. The summed E-state index contributed by atoms with van der Waals surface area (Å²) in [6.45, 7) is 2.36. The van der Waals surface area contributed by atoms with Crippen LogP contribution in [0, 0.1) is 17.3 Å². The van der Waals surface area contributed by atoms with Gasteiger partial charge in [-0.15, -0.1) is 0 Å². The lowest BCUT2D eigenvalue weighted by Gasteiger charge is -2.24. The summed E-state index contributed by atoms with van der Waals surface area (Å²) in [7, 11) is 0. The van der Waals surface area contributed by atoms with Crippen LogP contribution in [0.5, 0.6) is 0 Å². The predicted molar refractivity (Wildman–Crippen MR) is 50.8 cm³/mol. The molecule has 2 fully saturated rings. The van der Waals surface area contributed by atoms with Gasteiger partial charge in [0.2, 0.25) is 0 Å². The Morgan fingerprint density at radius 1 is 1.58 bits per heavy atom. The molecule has 0 aromatic rings. The highest BCUT2D eigenvalue weighted by atomic mass is 14.7. The van der Waals surface area contributed by atoms with Crippen molar-refractivity contribution in [1.82, 2.24) is 0 Å². The van der Waals surface area contributed by atoms with Crippen molar-refractivity contribution in [2.75, 3.05) is 0 Å². The molecule has 0 saturated heterocycles. The highest BCUT2D eigenvalue weighted by Gasteiger charge is 2.62. The van der Waals surface area contributed by atoms with E-state index in [1.165, 1.54) is 25.7 Å². The van der Waals surface area contributed by atoms with Crippen LogP contribution in [0.25, 0.3) is 0 Å². The molecule has 0 bridgehead atoms. The summed E-state index contributed by atoms with van der Waals surface area (Å²) >= 11 is 0. The van der Waals surface area contributed by atoms with Crippen molar-refractivity contribution in [3.63, 3.8) is 0 Å². The molecule has 0 aliphatic heterocycles. The average molecular weight is 160 g/mol. The molecule has 3 rings (SSSR count). The quantitative estimate of drug-likeness (QED) is 0.552.